The van der Waals surface area contributed by atoms with E-state index in [1.807, 2.05) is 24.3 Å². The maximum absolute atomic E-state index is 13.6. The van der Waals surface area contributed by atoms with Gasteiger partial charge >= 0.3 is 0 Å². The molecular formula is C18H18BrFO. The molecule has 2 unspecified atom stereocenters. The van der Waals surface area contributed by atoms with Crippen LogP contribution in [-0.4, -0.2) is 5.11 Å². The summed E-state index contributed by atoms with van der Waals surface area (Å²) in [6.07, 6.45) is 2.09. The standard InChI is InChI=1S/C18H18BrFO/c1-12-6-7-18(21,17-5-3-2-4-16(12)17)11-13-8-14(19)10-15(20)9-13/h2-5,8-10,12,21H,6-7,11H2,1H3. The van der Waals surface area contributed by atoms with Crippen molar-refractivity contribution in [2.24, 2.45) is 0 Å². The topological polar surface area (TPSA) is 20.2 Å². The van der Waals surface area contributed by atoms with E-state index in [9.17, 15) is 9.50 Å². The molecule has 0 amide bonds. The molecule has 0 aliphatic heterocycles. The second kappa shape index (κ2) is 5.54. The summed E-state index contributed by atoms with van der Waals surface area (Å²) >= 11 is 3.32. The van der Waals surface area contributed by atoms with Crippen LogP contribution in [0.15, 0.2) is 46.9 Å². The summed E-state index contributed by atoms with van der Waals surface area (Å²) in [5.41, 5.74) is 2.11. The van der Waals surface area contributed by atoms with Gasteiger partial charge in [0.05, 0.1) is 5.60 Å². The van der Waals surface area contributed by atoms with E-state index in [4.69, 9.17) is 0 Å². The van der Waals surface area contributed by atoms with Crippen LogP contribution in [0.4, 0.5) is 4.39 Å². The van der Waals surface area contributed by atoms with Crippen molar-refractivity contribution in [1.82, 2.24) is 0 Å². The molecule has 0 bridgehead atoms. The molecule has 1 aliphatic carbocycles. The van der Waals surface area contributed by atoms with Gasteiger partial charge in [-0.15, -0.1) is 0 Å². The molecule has 3 rings (SSSR count). The highest BCUT2D eigenvalue weighted by atomic mass is 79.9. The van der Waals surface area contributed by atoms with E-state index in [0.29, 0.717) is 23.2 Å². The molecular weight excluding hydrogens is 331 g/mol. The van der Waals surface area contributed by atoms with Gasteiger partial charge in [-0.1, -0.05) is 47.1 Å². The van der Waals surface area contributed by atoms with Crippen LogP contribution >= 0.6 is 15.9 Å². The smallest absolute Gasteiger partial charge is 0.124 e. The third-order valence-corrected chi connectivity index (χ3v) is 4.86. The average Bonchev–Trinajstić information content (AvgIpc) is 2.43. The van der Waals surface area contributed by atoms with E-state index in [-0.39, 0.29) is 5.82 Å². The van der Waals surface area contributed by atoms with E-state index in [0.717, 1.165) is 17.5 Å². The van der Waals surface area contributed by atoms with Crippen LogP contribution < -0.4 is 0 Å². The van der Waals surface area contributed by atoms with Gasteiger partial charge in [-0.2, -0.15) is 0 Å². The lowest BCUT2D eigenvalue weighted by Gasteiger charge is -2.37. The molecule has 3 heteroatoms. The summed E-state index contributed by atoms with van der Waals surface area (Å²) in [7, 11) is 0. The summed E-state index contributed by atoms with van der Waals surface area (Å²) in [6, 6.07) is 12.9. The highest BCUT2D eigenvalue weighted by Gasteiger charge is 2.36. The fraction of sp³-hybridized carbons (Fsp3) is 0.333. The molecule has 110 valence electrons. The van der Waals surface area contributed by atoms with Gasteiger partial charge in [0, 0.05) is 10.9 Å². The normalized spacial score (nSPS) is 24.7. The first-order chi connectivity index (χ1) is 9.98. The van der Waals surface area contributed by atoms with Crippen LogP contribution in [0.2, 0.25) is 0 Å². The van der Waals surface area contributed by atoms with E-state index in [2.05, 4.69) is 28.9 Å². The second-order valence-corrected chi connectivity index (χ2v) is 6.93. The van der Waals surface area contributed by atoms with Crippen molar-refractivity contribution in [3.05, 3.63) is 69.4 Å². The third kappa shape index (κ3) is 2.90. The van der Waals surface area contributed by atoms with Crippen LogP contribution in [0.1, 0.15) is 42.4 Å². The molecule has 0 aromatic heterocycles. The Bertz CT molecular complexity index is 650. The van der Waals surface area contributed by atoms with Crippen LogP contribution in [-0.2, 0) is 12.0 Å². The fourth-order valence-corrected chi connectivity index (χ4v) is 3.84. The van der Waals surface area contributed by atoms with Crippen molar-refractivity contribution in [3.8, 4) is 0 Å². The maximum Gasteiger partial charge on any atom is 0.124 e. The summed E-state index contributed by atoms with van der Waals surface area (Å²) < 4.78 is 14.3. The first-order valence-corrected chi connectivity index (χ1v) is 8.04. The molecule has 2 atom stereocenters. The molecule has 0 radical (unpaired) electrons. The Balaban J connectivity index is 1.99. The molecule has 21 heavy (non-hydrogen) atoms. The molecule has 1 nitrogen and oxygen atoms in total. The Morgan fingerprint density at radius 3 is 2.81 bits per heavy atom. The molecule has 1 N–H and O–H groups in total. The summed E-state index contributed by atoms with van der Waals surface area (Å²) in [6.45, 7) is 2.19. The fourth-order valence-electron chi connectivity index (χ4n) is 3.33. The molecule has 0 heterocycles. The van der Waals surface area contributed by atoms with Crippen molar-refractivity contribution >= 4 is 15.9 Å². The Kier molecular flexibility index (Phi) is 3.89. The molecule has 1 aliphatic rings. The zero-order chi connectivity index (χ0) is 15.0. The minimum absolute atomic E-state index is 0.277. The first-order valence-electron chi connectivity index (χ1n) is 7.25. The van der Waals surface area contributed by atoms with Gasteiger partial charge in [0.1, 0.15) is 5.82 Å². The Morgan fingerprint density at radius 1 is 1.29 bits per heavy atom. The summed E-state index contributed by atoms with van der Waals surface area (Å²) in [4.78, 5) is 0. The molecule has 2 aromatic rings. The number of hydrogen-bond donors (Lipinski definition) is 1. The molecule has 2 aromatic carbocycles. The predicted molar refractivity (Wildman–Crippen MR) is 85.8 cm³/mol. The van der Waals surface area contributed by atoms with Crippen LogP contribution in [0.5, 0.6) is 0 Å². The SMILES string of the molecule is CC1CCC(O)(Cc2cc(F)cc(Br)c2)c2ccccc21. The summed E-state index contributed by atoms with van der Waals surface area (Å²) in [5, 5.41) is 11.1. The molecule has 0 fully saturated rings. The van der Waals surface area contributed by atoms with Crippen molar-refractivity contribution in [2.45, 2.75) is 37.7 Å². The number of fused-ring (bicyclic) bond motifs is 1. The minimum Gasteiger partial charge on any atom is -0.385 e. The predicted octanol–water partition coefficient (Wildman–Crippen LogP) is 4.92. The Labute approximate surface area is 132 Å². The van der Waals surface area contributed by atoms with Crippen molar-refractivity contribution < 1.29 is 9.50 Å². The van der Waals surface area contributed by atoms with Crippen molar-refractivity contribution in [1.29, 1.82) is 0 Å². The third-order valence-electron chi connectivity index (χ3n) is 4.40. The lowest BCUT2D eigenvalue weighted by molar-refractivity contribution is 0.0158. The van der Waals surface area contributed by atoms with Crippen LogP contribution in [0, 0.1) is 5.82 Å². The number of benzene rings is 2. The van der Waals surface area contributed by atoms with Gasteiger partial charge in [0.2, 0.25) is 0 Å². The lowest BCUT2D eigenvalue weighted by atomic mass is 9.72. The van der Waals surface area contributed by atoms with E-state index < -0.39 is 5.60 Å². The van der Waals surface area contributed by atoms with E-state index in [1.54, 1.807) is 0 Å². The van der Waals surface area contributed by atoms with Gasteiger partial charge in [0.15, 0.2) is 0 Å². The zero-order valence-electron chi connectivity index (χ0n) is 11.9. The highest BCUT2D eigenvalue weighted by Crippen LogP contribution is 2.43. The lowest BCUT2D eigenvalue weighted by Crippen LogP contribution is -2.34. The van der Waals surface area contributed by atoms with Gasteiger partial charge in [-0.3, -0.25) is 0 Å². The van der Waals surface area contributed by atoms with Crippen molar-refractivity contribution in [2.75, 3.05) is 0 Å². The van der Waals surface area contributed by atoms with E-state index >= 15 is 0 Å². The zero-order valence-corrected chi connectivity index (χ0v) is 13.5. The number of hydrogen-bond acceptors (Lipinski definition) is 1. The molecule has 0 saturated heterocycles. The summed E-state index contributed by atoms with van der Waals surface area (Å²) in [5.74, 6) is 0.182. The molecule has 0 saturated carbocycles. The average molecular weight is 349 g/mol. The first kappa shape index (κ1) is 14.7. The Morgan fingerprint density at radius 2 is 2.05 bits per heavy atom. The van der Waals surface area contributed by atoms with Gasteiger partial charge in [-0.05, 0) is 53.6 Å². The quantitative estimate of drug-likeness (QED) is 0.816. The molecule has 0 spiro atoms. The van der Waals surface area contributed by atoms with Crippen LogP contribution in [0.3, 0.4) is 0 Å². The minimum atomic E-state index is -0.906. The largest absolute Gasteiger partial charge is 0.385 e. The highest BCUT2D eigenvalue weighted by molar-refractivity contribution is 9.10. The second-order valence-electron chi connectivity index (χ2n) is 6.01. The monoisotopic (exact) mass is 348 g/mol. The van der Waals surface area contributed by atoms with Crippen molar-refractivity contribution in [3.63, 3.8) is 0 Å². The van der Waals surface area contributed by atoms with Gasteiger partial charge in [0.25, 0.3) is 0 Å². The number of rotatable bonds is 2. The van der Waals surface area contributed by atoms with Gasteiger partial charge < -0.3 is 5.11 Å². The van der Waals surface area contributed by atoms with Gasteiger partial charge in [-0.25, -0.2) is 4.39 Å². The number of aliphatic hydroxyl groups is 1. The Hall–Kier alpha value is -1.19. The maximum atomic E-state index is 13.6. The van der Waals surface area contributed by atoms with Crippen LogP contribution in [0.25, 0.3) is 0 Å². The van der Waals surface area contributed by atoms with E-state index in [1.165, 1.54) is 17.7 Å². The number of halogens is 2.